The molecule has 0 radical (unpaired) electrons. The number of hydrogen-bond donors (Lipinski definition) is 3. The van der Waals surface area contributed by atoms with Crippen LogP contribution in [0.1, 0.15) is 61.7 Å². The van der Waals surface area contributed by atoms with Gasteiger partial charge in [0.2, 0.25) is 5.91 Å². The minimum atomic E-state index is -0.575. The van der Waals surface area contributed by atoms with Crippen LogP contribution in [0.4, 0.5) is 0 Å². The molecule has 32 heavy (non-hydrogen) atoms. The predicted octanol–water partition coefficient (Wildman–Crippen LogP) is 4.31. The number of primary amides is 1. The zero-order chi connectivity index (χ0) is 22.9. The van der Waals surface area contributed by atoms with E-state index in [0.717, 1.165) is 31.2 Å². The molecule has 1 amide bonds. The molecule has 0 spiro atoms. The van der Waals surface area contributed by atoms with Crippen molar-refractivity contribution >= 4 is 17.5 Å². The Bertz CT molecular complexity index is 861. The first-order valence-corrected chi connectivity index (χ1v) is 11.6. The molecule has 1 aliphatic carbocycles. The second-order valence-electron chi connectivity index (χ2n) is 8.40. The summed E-state index contributed by atoms with van der Waals surface area (Å²) in [6.45, 7) is 0.508. The van der Waals surface area contributed by atoms with Gasteiger partial charge in [-0.15, -0.1) is 0 Å². The molecule has 2 aromatic carbocycles. The molecule has 4 N–H and O–H groups in total. The van der Waals surface area contributed by atoms with Crippen LogP contribution >= 0.6 is 11.6 Å². The normalized spacial score (nSPS) is 20.5. The number of methoxy groups -OCH3 is 1. The summed E-state index contributed by atoms with van der Waals surface area (Å²) in [4.78, 5) is 11.0. The van der Waals surface area contributed by atoms with Gasteiger partial charge in [-0.05, 0) is 60.6 Å². The third kappa shape index (κ3) is 7.48. The van der Waals surface area contributed by atoms with E-state index >= 15 is 0 Å². The van der Waals surface area contributed by atoms with Crippen molar-refractivity contribution in [3.8, 4) is 5.75 Å². The summed E-state index contributed by atoms with van der Waals surface area (Å²) in [6, 6.07) is 15.8. The zero-order valence-electron chi connectivity index (χ0n) is 18.5. The lowest BCUT2D eigenvalue weighted by Gasteiger charge is -2.31. The maximum atomic E-state index is 11.0. The van der Waals surface area contributed by atoms with Crippen molar-refractivity contribution in [3.05, 3.63) is 64.7 Å². The van der Waals surface area contributed by atoms with Gasteiger partial charge in [0.25, 0.3) is 0 Å². The van der Waals surface area contributed by atoms with Crippen LogP contribution in [0.15, 0.2) is 48.5 Å². The Labute approximate surface area is 195 Å². The lowest BCUT2D eigenvalue weighted by Crippen LogP contribution is -2.36. The number of nitrogens with two attached hydrogens (primary N) is 1. The number of rotatable bonds is 11. The molecule has 7 heteroatoms. The fourth-order valence-electron chi connectivity index (χ4n) is 4.24. The van der Waals surface area contributed by atoms with Gasteiger partial charge < -0.3 is 25.6 Å². The highest BCUT2D eigenvalue weighted by molar-refractivity contribution is 6.30. The van der Waals surface area contributed by atoms with Crippen molar-refractivity contribution in [2.45, 2.75) is 62.9 Å². The largest absolute Gasteiger partial charge is 0.465 e. The van der Waals surface area contributed by atoms with Crippen LogP contribution in [0.5, 0.6) is 5.75 Å². The molecule has 0 aliphatic heterocycles. The van der Waals surface area contributed by atoms with E-state index < -0.39 is 12.4 Å². The monoisotopic (exact) mass is 460 g/mol. The number of halogens is 1. The third-order valence-electron chi connectivity index (χ3n) is 6.02. The molecular weight excluding hydrogens is 428 g/mol. The summed E-state index contributed by atoms with van der Waals surface area (Å²) in [7, 11) is 1.55. The van der Waals surface area contributed by atoms with Crippen LogP contribution in [-0.4, -0.2) is 37.0 Å². The lowest BCUT2D eigenvalue weighted by molar-refractivity contribution is -0.120. The number of carbonyl (C=O) groups excluding carboxylic acids is 1. The molecule has 174 valence electrons. The number of hydrogen-bond acceptors (Lipinski definition) is 5. The SMILES string of the molecule is CO[C@@H](CCC(N)=O)Oc1ccc([C@@H]2CCC[C@@H](NC[C@H](O)c3cccc(Cl)c3)C2)cc1. The fraction of sp³-hybridized carbons (Fsp3) is 0.480. The predicted molar refractivity (Wildman–Crippen MR) is 126 cm³/mol. The number of aliphatic hydroxyl groups excluding tert-OH is 1. The van der Waals surface area contributed by atoms with E-state index in [2.05, 4.69) is 17.4 Å². The quantitative estimate of drug-likeness (QED) is 0.434. The van der Waals surface area contributed by atoms with Gasteiger partial charge in [-0.25, -0.2) is 0 Å². The lowest BCUT2D eigenvalue weighted by atomic mass is 9.81. The Hall–Kier alpha value is -2.12. The summed E-state index contributed by atoms with van der Waals surface area (Å²) >= 11 is 6.03. The van der Waals surface area contributed by atoms with Crippen molar-refractivity contribution in [1.82, 2.24) is 5.32 Å². The van der Waals surface area contributed by atoms with Crippen LogP contribution in [0, 0.1) is 0 Å². The average Bonchev–Trinajstić information content (AvgIpc) is 2.80. The van der Waals surface area contributed by atoms with Gasteiger partial charge in [0, 0.05) is 37.6 Å². The van der Waals surface area contributed by atoms with E-state index in [1.54, 1.807) is 7.11 Å². The summed E-state index contributed by atoms with van der Waals surface area (Å²) in [6.07, 6.45) is 4.00. The Morgan fingerprint density at radius 2 is 2.03 bits per heavy atom. The Morgan fingerprint density at radius 1 is 1.25 bits per heavy atom. The van der Waals surface area contributed by atoms with Crippen LogP contribution < -0.4 is 15.8 Å². The summed E-state index contributed by atoms with van der Waals surface area (Å²) in [5, 5.41) is 14.6. The van der Waals surface area contributed by atoms with Gasteiger partial charge >= 0.3 is 0 Å². The first kappa shape index (κ1) is 24.5. The fourth-order valence-corrected chi connectivity index (χ4v) is 4.44. The molecule has 3 rings (SSSR count). The van der Waals surface area contributed by atoms with Crippen molar-refractivity contribution in [1.29, 1.82) is 0 Å². The van der Waals surface area contributed by atoms with Crippen molar-refractivity contribution < 1.29 is 19.4 Å². The highest BCUT2D eigenvalue weighted by Crippen LogP contribution is 2.34. The summed E-state index contributed by atoms with van der Waals surface area (Å²) in [5.41, 5.74) is 7.32. The Balaban J connectivity index is 1.50. The van der Waals surface area contributed by atoms with Crippen LogP contribution in [0.3, 0.4) is 0 Å². The summed E-state index contributed by atoms with van der Waals surface area (Å²) in [5.74, 6) is 0.804. The molecule has 0 saturated heterocycles. The first-order valence-electron chi connectivity index (χ1n) is 11.2. The maximum Gasteiger partial charge on any atom is 0.217 e. The second kappa shape index (κ2) is 12.2. The summed E-state index contributed by atoms with van der Waals surface area (Å²) < 4.78 is 11.1. The van der Waals surface area contributed by atoms with E-state index in [1.807, 2.05) is 36.4 Å². The third-order valence-corrected chi connectivity index (χ3v) is 6.25. The van der Waals surface area contributed by atoms with Crippen molar-refractivity contribution in [3.63, 3.8) is 0 Å². The standard InChI is InChI=1S/C25H33ClN2O4/c1-31-25(13-12-24(27)30)32-22-10-8-17(9-11-22)18-4-3-7-21(15-18)28-16-23(29)19-5-2-6-20(26)14-19/h2,5-6,8-11,14,18,21,23,25,28-29H,3-4,7,12-13,15-16H2,1H3,(H2,27,30)/t18-,21-,23+,25-/m1/s1. The second-order valence-corrected chi connectivity index (χ2v) is 8.83. The molecule has 0 unspecified atom stereocenters. The van der Waals surface area contributed by atoms with Crippen LogP contribution in [0.2, 0.25) is 5.02 Å². The van der Waals surface area contributed by atoms with E-state index in [1.165, 1.54) is 5.56 Å². The molecule has 1 saturated carbocycles. The zero-order valence-corrected chi connectivity index (χ0v) is 19.3. The van der Waals surface area contributed by atoms with Gasteiger partial charge in [0.15, 0.2) is 6.29 Å². The number of nitrogens with one attached hydrogen (secondary N) is 1. The van der Waals surface area contributed by atoms with Gasteiger partial charge in [-0.1, -0.05) is 42.3 Å². The molecule has 0 aromatic heterocycles. The topological polar surface area (TPSA) is 93.8 Å². The van der Waals surface area contributed by atoms with E-state index in [4.69, 9.17) is 26.8 Å². The molecule has 1 fully saturated rings. The van der Waals surface area contributed by atoms with Crippen molar-refractivity contribution in [2.24, 2.45) is 5.73 Å². The van der Waals surface area contributed by atoms with Gasteiger partial charge in [0.05, 0.1) is 6.10 Å². The number of amides is 1. The number of aliphatic hydroxyl groups is 1. The van der Waals surface area contributed by atoms with Gasteiger partial charge in [0.1, 0.15) is 5.75 Å². The van der Waals surface area contributed by atoms with E-state index in [-0.39, 0.29) is 12.3 Å². The van der Waals surface area contributed by atoms with E-state index in [0.29, 0.717) is 35.7 Å². The molecular formula is C25H33ClN2O4. The number of ether oxygens (including phenoxy) is 2. The molecule has 0 heterocycles. The average molecular weight is 461 g/mol. The first-order chi connectivity index (χ1) is 15.4. The maximum absolute atomic E-state index is 11.0. The van der Waals surface area contributed by atoms with Gasteiger partial charge in [-0.3, -0.25) is 4.79 Å². The number of carbonyl (C=O) groups is 1. The molecule has 4 atom stereocenters. The highest BCUT2D eigenvalue weighted by Gasteiger charge is 2.24. The minimum absolute atomic E-state index is 0.221. The molecule has 1 aliphatic rings. The minimum Gasteiger partial charge on any atom is -0.465 e. The molecule has 6 nitrogen and oxygen atoms in total. The molecule has 0 bridgehead atoms. The van der Waals surface area contributed by atoms with E-state index in [9.17, 15) is 9.90 Å². The number of benzene rings is 2. The van der Waals surface area contributed by atoms with Crippen molar-refractivity contribution in [2.75, 3.05) is 13.7 Å². The Kier molecular flexibility index (Phi) is 9.36. The van der Waals surface area contributed by atoms with Crippen LogP contribution in [-0.2, 0) is 9.53 Å². The molecule has 2 aromatic rings. The van der Waals surface area contributed by atoms with Crippen LogP contribution in [0.25, 0.3) is 0 Å². The Morgan fingerprint density at radius 3 is 2.72 bits per heavy atom. The highest BCUT2D eigenvalue weighted by atomic mass is 35.5. The smallest absolute Gasteiger partial charge is 0.217 e. The van der Waals surface area contributed by atoms with Gasteiger partial charge in [-0.2, -0.15) is 0 Å².